The van der Waals surface area contributed by atoms with Crippen LogP contribution in [0.4, 0.5) is 0 Å². The van der Waals surface area contributed by atoms with Gasteiger partial charge in [-0.2, -0.15) is 0 Å². The fraction of sp³-hybridized carbons (Fsp3) is 0.538. The van der Waals surface area contributed by atoms with Crippen LogP contribution in [0.5, 0.6) is 0 Å². The summed E-state index contributed by atoms with van der Waals surface area (Å²) in [4.78, 5) is 0. The number of hydrogen-bond acceptors (Lipinski definition) is 5. The summed E-state index contributed by atoms with van der Waals surface area (Å²) in [7, 11) is -7.73. The molecule has 0 radical (unpaired) electrons. The maximum absolute atomic E-state index is 13.5. The minimum Gasteiger partial charge on any atom is -0.323 e. The van der Waals surface area contributed by atoms with Gasteiger partial charge < -0.3 is 13.6 Å². The van der Waals surface area contributed by atoms with E-state index < -0.39 is 18.2 Å². The Balaban J connectivity index is 3.46. The van der Waals surface area contributed by atoms with Gasteiger partial charge in [-0.25, -0.2) is 0 Å². The number of hydrogen-bond donors (Lipinski definition) is 0. The third kappa shape index (κ3) is 3.87. The molecule has 126 valence electrons. The molecule has 9 heteroatoms. The average molecular weight is 434 g/mol. The maximum atomic E-state index is 13.5. The molecule has 0 spiro atoms. The van der Waals surface area contributed by atoms with Crippen LogP contribution >= 0.6 is 42.5 Å². The van der Waals surface area contributed by atoms with E-state index in [1.807, 2.05) is 0 Å². The molecular formula is C13H20BrClO5P2. The summed E-state index contributed by atoms with van der Waals surface area (Å²) in [5, 5.41) is 0.336. The van der Waals surface area contributed by atoms with Crippen LogP contribution in [0.15, 0.2) is 30.3 Å². The Kier molecular flexibility index (Phi) is 7.81. The number of alkyl halides is 2. The van der Waals surface area contributed by atoms with Gasteiger partial charge in [-0.05, 0) is 48.8 Å². The van der Waals surface area contributed by atoms with E-state index >= 15 is 0 Å². The van der Waals surface area contributed by atoms with E-state index in [-0.39, 0.29) is 19.8 Å². The van der Waals surface area contributed by atoms with Crippen LogP contribution in [0.1, 0.15) is 20.8 Å². The molecule has 0 aliphatic heterocycles. The van der Waals surface area contributed by atoms with E-state index in [0.29, 0.717) is 5.30 Å². The van der Waals surface area contributed by atoms with Gasteiger partial charge in [0, 0.05) is 5.30 Å². The molecule has 0 aromatic heterocycles. The molecule has 1 rings (SSSR count). The van der Waals surface area contributed by atoms with Crippen molar-refractivity contribution in [3.05, 3.63) is 30.3 Å². The Hall–Kier alpha value is 0.330. The smallest absolute Gasteiger partial charge is 0.323 e. The Morgan fingerprint density at radius 1 is 1.00 bits per heavy atom. The van der Waals surface area contributed by atoms with Crippen LogP contribution < -0.4 is 5.30 Å². The highest BCUT2D eigenvalue weighted by atomic mass is 79.9. The first-order chi connectivity index (χ1) is 10.3. The zero-order chi connectivity index (χ0) is 16.9. The van der Waals surface area contributed by atoms with Gasteiger partial charge in [0.15, 0.2) is 0 Å². The summed E-state index contributed by atoms with van der Waals surface area (Å²) in [6.45, 7) is 5.31. The van der Waals surface area contributed by atoms with E-state index in [4.69, 9.17) is 25.2 Å². The summed E-state index contributed by atoms with van der Waals surface area (Å²) in [6.07, 6.45) is 0. The van der Waals surface area contributed by atoms with Crippen LogP contribution in [-0.4, -0.2) is 23.1 Å². The standard InChI is InChI=1S/C13H20BrClO5P2/c1-4-18-21(16,12-10-8-7-9-11-12)13(14,15)22(17,19-5-2)20-6-3/h7-11H,4-6H2,1-3H3/t13-,21+/m1/s1. The van der Waals surface area contributed by atoms with Crippen molar-refractivity contribution in [2.24, 2.45) is 0 Å². The predicted molar refractivity (Wildman–Crippen MR) is 93.7 cm³/mol. The largest absolute Gasteiger partial charge is 0.372 e. The van der Waals surface area contributed by atoms with E-state index in [9.17, 15) is 9.13 Å². The van der Waals surface area contributed by atoms with Gasteiger partial charge in [0.25, 0.3) is 10.6 Å². The van der Waals surface area contributed by atoms with E-state index in [0.717, 1.165) is 0 Å². The molecule has 0 bridgehead atoms. The van der Waals surface area contributed by atoms with Crippen LogP contribution in [0.3, 0.4) is 0 Å². The van der Waals surface area contributed by atoms with Gasteiger partial charge in [-0.1, -0.05) is 29.8 Å². The normalized spacial score (nSPS) is 17.7. The second-order valence-corrected chi connectivity index (χ2v) is 13.2. The van der Waals surface area contributed by atoms with Crippen molar-refractivity contribution in [1.82, 2.24) is 0 Å². The lowest BCUT2D eigenvalue weighted by Gasteiger charge is -2.34. The minimum atomic E-state index is -3.94. The fourth-order valence-electron chi connectivity index (χ4n) is 1.81. The van der Waals surface area contributed by atoms with Gasteiger partial charge in [-0.3, -0.25) is 9.13 Å². The molecule has 5 nitrogen and oxygen atoms in total. The monoisotopic (exact) mass is 432 g/mol. The van der Waals surface area contributed by atoms with Crippen molar-refractivity contribution in [2.75, 3.05) is 19.8 Å². The third-order valence-electron chi connectivity index (χ3n) is 2.69. The second-order valence-electron chi connectivity index (χ2n) is 4.15. The molecule has 0 aliphatic carbocycles. The number of halogens is 2. The van der Waals surface area contributed by atoms with Crippen molar-refractivity contribution in [3.8, 4) is 0 Å². The summed E-state index contributed by atoms with van der Waals surface area (Å²) in [5.41, 5.74) is 0. The van der Waals surface area contributed by atoms with Crippen LogP contribution in [0.2, 0.25) is 0 Å². The Morgan fingerprint density at radius 2 is 1.45 bits per heavy atom. The van der Waals surface area contributed by atoms with Crippen molar-refractivity contribution >= 4 is 47.8 Å². The van der Waals surface area contributed by atoms with Crippen molar-refractivity contribution in [2.45, 2.75) is 24.0 Å². The van der Waals surface area contributed by atoms with Crippen molar-refractivity contribution < 1.29 is 22.7 Å². The van der Waals surface area contributed by atoms with Gasteiger partial charge in [0.1, 0.15) is 0 Å². The Morgan fingerprint density at radius 3 is 1.86 bits per heavy atom. The molecular weight excluding hydrogens is 413 g/mol. The SMILES string of the molecule is CCOP(=O)(OCC)[C@@](Cl)(Br)[P@@](=O)(OCC)c1ccccc1. The molecule has 0 heterocycles. The molecule has 0 aliphatic rings. The van der Waals surface area contributed by atoms with E-state index in [1.165, 1.54) is 0 Å². The van der Waals surface area contributed by atoms with Gasteiger partial charge in [0.2, 0.25) is 0 Å². The van der Waals surface area contributed by atoms with Crippen LogP contribution in [-0.2, 0) is 22.7 Å². The fourth-order valence-corrected chi connectivity index (χ4v) is 8.84. The summed E-state index contributed by atoms with van der Waals surface area (Å²) in [5.74, 6) is 0. The number of rotatable bonds is 9. The first-order valence-electron chi connectivity index (χ1n) is 6.86. The Bertz CT molecular complexity index is 557. The molecule has 0 N–H and O–H groups in total. The first-order valence-corrected chi connectivity index (χ1v) is 11.2. The summed E-state index contributed by atoms with van der Waals surface area (Å²) < 4.78 is 40.5. The summed E-state index contributed by atoms with van der Waals surface area (Å²) in [6, 6.07) is 8.39. The molecule has 2 atom stereocenters. The van der Waals surface area contributed by atoms with Gasteiger partial charge in [-0.15, -0.1) is 0 Å². The molecule has 0 amide bonds. The molecule has 0 unspecified atom stereocenters. The average Bonchev–Trinajstić information content (AvgIpc) is 2.48. The molecule has 22 heavy (non-hydrogen) atoms. The molecule has 0 saturated heterocycles. The molecule has 0 fully saturated rings. The van der Waals surface area contributed by atoms with E-state index in [1.54, 1.807) is 51.1 Å². The molecule has 0 saturated carbocycles. The van der Waals surface area contributed by atoms with Crippen LogP contribution in [0, 0.1) is 0 Å². The second kappa shape index (κ2) is 8.43. The lowest BCUT2D eigenvalue weighted by atomic mass is 10.4. The Labute approximate surface area is 144 Å². The van der Waals surface area contributed by atoms with Crippen LogP contribution in [0.25, 0.3) is 0 Å². The lowest BCUT2D eigenvalue weighted by Crippen LogP contribution is -2.25. The number of benzene rings is 1. The first kappa shape index (κ1) is 20.4. The lowest BCUT2D eigenvalue weighted by molar-refractivity contribution is 0.218. The maximum Gasteiger partial charge on any atom is 0.372 e. The van der Waals surface area contributed by atoms with Crippen molar-refractivity contribution in [1.29, 1.82) is 0 Å². The van der Waals surface area contributed by atoms with E-state index in [2.05, 4.69) is 15.9 Å². The molecule has 1 aromatic rings. The molecule has 1 aromatic carbocycles. The zero-order valence-corrected chi connectivity index (χ0v) is 16.8. The highest BCUT2D eigenvalue weighted by Gasteiger charge is 2.62. The highest BCUT2D eigenvalue weighted by Crippen LogP contribution is 2.81. The third-order valence-corrected chi connectivity index (χ3v) is 12.4. The minimum absolute atomic E-state index is 0.0955. The predicted octanol–water partition coefficient (Wildman–Crippen LogP) is 5.14. The van der Waals surface area contributed by atoms with Crippen molar-refractivity contribution in [3.63, 3.8) is 0 Å². The quantitative estimate of drug-likeness (QED) is 0.399. The topological polar surface area (TPSA) is 61.8 Å². The summed E-state index contributed by atoms with van der Waals surface area (Å²) >= 11 is 9.57. The highest BCUT2D eigenvalue weighted by molar-refractivity contribution is 9.13. The zero-order valence-electron chi connectivity index (χ0n) is 12.7. The van der Waals surface area contributed by atoms with Gasteiger partial charge in [0.05, 0.1) is 19.8 Å². The van der Waals surface area contributed by atoms with Gasteiger partial charge >= 0.3 is 7.60 Å².